The molecule has 2 aromatic heterocycles. The molecule has 13 heteroatoms. The van der Waals surface area contributed by atoms with E-state index in [0.29, 0.717) is 41.2 Å². The second kappa shape index (κ2) is 12.4. The van der Waals surface area contributed by atoms with Gasteiger partial charge < -0.3 is 14.8 Å². The Kier molecular flexibility index (Phi) is 8.05. The lowest BCUT2D eigenvalue weighted by atomic mass is 10.0. The molecule has 5 aromatic rings. The second-order valence-corrected chi connectivity index (χ2v) is 10.3. The van der Waals surface area contributed by atoms with E-state index in [1.807, 2.05) is 43.3 Å². The maximum absolute atomic E-state index is 14.4. The third-order valence-corrected chi connectivity index (χ3v) is 7.49. The number of fused-ring (bicyclic) bond motifs is 1. The highest BCUT2D eigenvalue weighted by atomic mass is 16.5. The Bertz CT molecular complexity index is 1710. The van der Waals surface area contributed by atoms with Crippen LogP contribution in [-0.2, 0) is 20.9 Å². The van der Waals surface area contributed by atoms with Crippen molar-refractivity contribution in [1.29, 1.82) is 0 Å². The number of rotatable bonds is 10. The number of tetrazole rings is 1. The first-order chi connectivity index (χ1) is 21.0. The zero-order valence-corrected chi connectivity index (χ0v) is 23.8. The molecule has 0 bridgehead atoms. The molecule has 0 unspecified atom stereocenters. The summed E-state index contributed by atoms with van der Waals surface area (Å²) in [4.78, 5) is 29.9. The molecule has 2 atom stereocenters. The molecular weight excluding hydrogens is 550 g/mol. The van der Waals surface area contributed by atoms with Gasteiger partial charge in [-0.25, -0.2) is 9.36 Å². The van der Waals surface area contributed by atoms with E-state index in [0.717, 1.165) is 24.1 Å². The molecule has 1 aliphatic rings. The van der Waals surface area contributed by atoms with E-state index in [1.165, 1.54) is 11.2 Å². The monoisotopic (exact) mass is 581 g/mol. The smallest absolute Gasteiger partial charge is 0.249 e. The maximum atomic E-state index is 14.4. The third kappa shape index (κ3) is 5.93. The number of amides is 2. The van der Waals surface area contributed by atoms with E-state index < -0.39 is 6.04 Å². The van der Waals surface area contributed by atoms with Crippen molar-refractivity contribution >= 4 is 28.5 Å². The van der Waals surface area contributed by atoms with E-state index in [1.54, 1.807) is 46.8 Å². The minimum absolute atomic E-state index is 0.0658. The summed E-state index contributed by atoms with van der Waals surface area (Å²) in [6.45, 7) is 2.78. The summed E-state index contributed by atoms with van der Waals surface area (Å²) >= 11 is 0. The van der Waals surface area contributed by atoms with Gasteiger partial charge in [0.15, 0.2) is 0 Å². The van der Waals surface area contributed by atoms with Gasteiger partial charge in [-0.1, -0.05) is 29.5 Å². The minimum Gasteiger partial charge on any atom is -0.497 e. The molecule has 6 rings (SSSR count). The van der Waals surface area contributed by atoms with Crippen LogP contribution in [0.5, 0.6) is 5.75 Å². The SMILES string of the molecule is COc1ccc([C@H](C(=O)NC[C@H]2CCCO2)N(C(=O)Cn2nnc3ccccc32)c2ccc(-n3cnnn3)c(C)c2)cc1. The zero-order chi connectivity index (χ0) is 29.8. The predicted octanol–water partition coefficient (Wildman–Crippen LogP) is 2.79. The van der Waals surface area contributed by atoms with Gasteiger partial charge >= 0.3 is 0 Å². The molecular formula is C30H31N9O4. The van der Waals surface area contributed by atoms with Gasteiger partial charge in [0, 0.05) is 18.8 Å². The molecule has 3 aromatic carbocycles. The summed E-state index contributed by atoms with van der Waals surface area (Å²) in [5, 5.41) is 22.9. The third-order valence-electron chi connectivity index (χ3n) is 7.49. The minimum atomic E-state index is -1.01. The number of ether oxygens (including phenoxy) is 2. The molecule has 43 heavy (non-hydrogen) atoms. The highest BCUT2D eigenvalue weighted by molar-refractivity contribution is 6.01. The summed E-state index contributed by atoms with van der Waals surface area (Å²) in [6, 6.07) is 19.0. The molecule has 0 spiro atoms. The average Bonchev–Trinajstić information content (AvgIpc) is 3.82. The van der Waals surface area contributed by atoms with Crippen LogP contribution in [-0.4, -0.2) is 73.4 Å². The number of carbonyl (C=O) groups is 2. The number of hydrogen-bond acceptors (Lipinski definition) is 9. The van der Waals surface area contributed by atoms with Gasteiger partial charge in [-0.2, -0.15) is 0 Å². The number of anilines is 1. The van der Waals surface area contributed by atoms with Crippen LogP contribution >= 0.6 is 0 Å². The fraction of sp³-hybridized carbons (Fsp3) is 0.300. The zero-order valence-electron chi connectivity index (χ0n) is 23.8. The van der Waals surface area contributed by atoms with Crippen molar-refractivity contribution in [1.82, 2.24) is 40.5 Å². The number of nitrogens with zero attached hydrogens (tertiary/aromatic N) is 8. The summed E-state index contributed by atoms with van der Waals surface area (Å²) in [7, 11) is 1.58. The first-order valence-electron chi connectivity index (χ1n) is 14.0. The van der Waals surface area contributed by atoms with Crippen molar-refractivity contribution in [2.24, 2.45) is 0 Å². The standard InChI is InChI=1S/C30H31N9O4/c1-20-16-22(11-14-26(20)38-19-32-34-36-38)39(28(40)18-37-27-8-4-3-7-25(27)33-35-37)29(21-9-12-23(42-2)13-10-21)30(41)31-17-24-6-5-15-43-24/h3-4,7-14,16,19,24,29H,5-6,15,17-18H2,1-2H3,(H,31,41)/t24-,29-/m1/s1. The second-order valence-electron chi connectivity index (χ2n) is 10.3. The Morgan fingerprint density at radius 1 is 1.12 bits per heavy atom. The van der Waals surface area contributed by atoms with Gasteiger partial charge in [0.1, 0.15) is 30.2 Å². The maximum Gasteiger partial charge on any atom is 0.249 e. The Morgan fingerprint density at radius 2 is 1.95 bits per heavy atom. The number of carbonyl (C=O) groups excluding carboxylic acids is 2. The summed E-state index contributed by atoms with van der Waals surface area (Å²) in [6.07, 6.45) is 3.25. The van der Waals surface area contributed by atoms with E-state index in [2.05, 4.69) is 31.2 Å². The lowest BCUT2D eigenvalue weighted by Gasteiger charge is -2.32. The van der Waals surface area contributed by atoms with Crippen molar-refractivity contribution in [2.45, 2.75) is 38.5 Å². The van der Waals surface area contributed by atoms with E-state index in [4.69, 9.17) is 9.47 Å². The molecule has 0 aliphatic carbocycles. The quantitative estimate of drug-likeness (QED) is 0.263. The fourth-order valence-corrected chi connectivity index (χ4v) is 5.31. The topological polar surface area (TPSA) is 142 Å². The number of hydrogen-bond donors (Lipinski definition) is 1. The molecule has 1 N–H and O–H groups in total. The largest absolute Gasteiger partial charge is 0.497 e. The van der Waals surface area contributed by atoms with Crippen LogP contribution in [0, 0.1) is 6.92 Å². The Morgan fingerprint density at radius 3 is 2.67 bits per heavy atom. The first kappa shape index (κ1) is 28.0. The number of para-hydroxylation sites is 1. The average molecular weight is 582 g/mol. The van der Waals surface area contributed by atoms with Crippen LogP contribution in [0.4, 0.5) is 5.69 Å². The van der Waals surface area contributed by atoms with Crippen LogP contribution in [0.3, 0.4) is 0 Å². The Labute approximate surface area is 247 Å². The van der Waals surface area contributed by atoms with Gasteiger partial charge in [-0.3, -0.25) is 14.5 Å². The van der Waals surface area contributed by atoms with Gasteiger partial charge in [-0.05, 0) is 83.8 Å². The Hall–Kier alpha value is -5.17. The van der Waals surface area contributed by atoms with Gasteiger partial charge in [0.05, 0.1) is 24.4 Å². The van der Waals surface area contributed by atoms with Crippen molar-refractivity contribution in [3.05, 3.63) is 84.2 Å². The molecule has 0 saturated carbocycles. The van der Waals surface area contributed by atoms with Gasteiger partial charge in [0.25, 0.3) is 0 Å². The van der Waals surface area contributed by atoms with Gasteiger partial charge in [-0.15, -0.1) is 10.2 Å². The number of benzene rings is 3. The van der Waals surface area contributed by atoms with E-state index in [-0.39, 0.29) is 24.5 Å². The van der Waals surface area contributed by atoms with Crippen LogP contribution in [0.1, 0.15) is 30.0 Å². The van der Waals surface area contributed by atoms with E-state index in [9.17, 15) is 9.59 Å². The molecule has 220 valence electrons. The Balaban J connectivity index is 1.42. The number of methoxy groups -OCH3 is 1. The highest BCUT2D eigenvalue weighted by Gasteiger charge is 2.34. The molecule has 0 radical (unpaired) electrons. The lowest BCUT2D eigenvalue weighted by molar-refractivity contribution is -0.127. The summed E-state index contributed by atoms with van der Waals surface area (Å²) in [5.74, 6) is -0.0474. The van der Waals surface area contributed by atoms with Crippen molar-refractivity contribution in [3.63, 3.8) is 0 Å². The van der Waals surface area contributed by atoms with Crippen molar-refractivity contribution in [3.8, 4) is 11.4 Å². The van der Waals surface area contributed by atoms with Crippen LogP contribution in [0.15, 0.2) is 73.1 Å². The number of aryl methyl sites for hydroxylation is 1. The normalized spacial score (nSPS) is 15.3. The molecule has 1 fully saturated rings. The summed E-state index contributed by atoms with van der Waals surface area (Å²) < 4.78 is 14.2. The first-order valence-corrected chi connectivity index (χ1v) is 14.0. The number of aromatic nitrogens is 7. The van der Waals surface area contributed by atoms with Crippen molar-refractivity contribution in [2.75, 3.05) is 25.2 Å². The summed E-state index contributed by atoms with van der Waals surface area (Å²) in [5.41, 5.74) is 4.07. The van der Waals surface area contributed by atoms with Gasteiger partial charge in [0.2, 0.25) is 11.8 Å². The lowest BCUT2D eigenvalue weighted by Crippen LogP contribution is -2.46. The van der Waals surface area contributed by atoms with Crippen LogP contribution < -0.4 is 15.0 Å². The predicted molar refractivity (Wildman–Crippen MR) is 157 cm³/mol. The molecule has 13 nitrogen and oxygen atoms in total. The van der Waals surface area contributed by atoms with Crippen LogP contribution in [0.2, 0.25) is 0 Å². The molecule has 3 heterocycles. The molecule has 1 saturated heterocycles. The van der Waals surface area contributed by atoms with E-state index >= 15 is 0 Å². The highest BCUT2D eigenvalue weighted by Crippen LogP contribution is 2.32. The van der Waals surface area contributed by atoms with Crippen molar-refractivity contribution < 1.29 is 19.1 Å². The molecule has 1 aliphatic heterocycles. The van der Waals surface area contributed by atoms with Crippen LogP contribution in [0.25, 0.3) is 16.7 Å². The fourth-order valence-electron chi connectivity index (χ4n) is 5.31. The molecule has 2 amide bonds. The number of nitrogens with one attached hydrogen (secondary N) is 1.